The third kappa shape index (κ3) is 6.31. The Kier molecular flexibility index (Phi) is 6.79. The van der Waals surface area contributed by atoms with Crippen LogP contribution in [0, 0.1) is 12.8 Å². The molecule has 0 radical (unpaired) electrons. The maximum absolute atomic E-state index is 12.9. The van der Waals surface area contributed by atoms with Gasteiger partial charge in [-0.2, -0.15) is 4.98 Å². The maximum Gasteiger partial charge on any atom is 0.246 e. The maximum atomic E-state index is 12.9. The molecule has 3 N–H and O–H groups in total. The van der Waals surface area contributed by atoms with Crippen molar-refractivity contribution in [3.63, 3.8) is 0 Å². The van der Waals surface area contributed by atoms with Crippen molar-refractivity contribution in [1.82, 2.24) is 9.97 Å². The highest BCUT2D eigenvalue weighted by Gasteiger charge is 2.21. The topological polar surface area (TPSA) is 78.9 Å². The molecule has 1 atom stereocenters. The average molecular weight is 390 g/mol. The van der Waals surface area contributed by atoms with E-state index in [2.05, 4.69) is 39.8 Å². The first-order valence-corrected chi connectivity index (χ1v) is 9.80. The second-order valence-electron chi connectivity index (χ2n) is 7.39. The molecule has 1 amide bonds. The van der Waals surface area contributed by atoms with E-state index in [9.17, 15) is 4.79 Å². The van der Waals surface area contributed by atoms with Crippen LogP contribution in [0.3, 0.4) is 0 Å². The summed E-state index contributed by atoms with van der Waals surface area (Å²) in [5.41, 5.74) is 2.50. The molecule has 0 aliphatic carbocycles. The first-order valence-electron chi connectivity index (χ1n) is 9.80. The van der Waals surface area contributed by atoms with Gasteiger partial charge in [-0.05, 0) is 43.5 Å². The first-order chi connectivity index (χ1) is 14.0. The lowest BCUT2D eigenvalue weighted by atomic mass is 10.0. The summed E-state index contributed by atoms with van der Waals surface area (Å²) in [6.45, 7) is 6.10. The average Bonchev–Trinajstić information content (AvgIpc) is 2.68. The summed E-state index contributed by atoms with van der Waals surface area (Å²) in [5, 5.41) is 9.48. The van der Waals surface area contributed by atoms with Gasteiger partial charge in [0.1, 0.15) is 11.9 Å². The van der Waals surface area contributed by atoms with Gasteiger partial charge < -0.3 is 16.0 Å². The van der Waals surface area contributed by atoms with Crippen LogP contribution in [0.4, 0.5) is 23.1 Å². The predicted molar refractivity (Wildman–Crippen MR) is 118 cm³/mol. The number of carbonyl (C=O) groups excluding carboxylic acids is 1. The van der Waals surface area contributed by atoms with Crippen molar-refractivity contribution in [2.75, 3.05) is 16.0 Å². The molecule has 3 aromatic rings. The number of amides is 1. The number of para-hydroxylation sites is 2. The highest BCUT2D eigenvalue weighted by Crippen LogP contribution is 2.18. The minimum absolute atomic E-state index is 0.0845. The molecule has 0 spiro atoms. The minimum atomic E-state index is -0.408. The molecule has 2 aromatic carbocycles. The van der Waals surface area contributed by atoms with Crippen molar-refractivity contribution in [1.29, 1.82) is 0 Å². The molecule has 0 unspecified atom stereocenters. The van der Waals surface area contributed by atoms with Crippen LogP contribution in [0.2, 0.25) is 0 Å². The lowest BCUT2D eigenvalue weighted by Gasteiger charge is -2.21. The zero-order valence-electron chi connectivity index (χ0n) is 17.0. The molecule has 0 saturated carbocycles. The monoisotopic (exact) mass is 389 g/mol. The van der Waals surface area contributed by atoms with Gasteiger partial charge in [-0.25, -0.2) is 4.98 Å². The van der Waals surface area contributed by atoms with Crippen LogP contribution < -0.4 is 16.0 Å². The van der Waals surface area contributed by atoms with E-state index in [-0.39, 0.29) is 5.91 Å². The van der Waals surface area contributed by atoms with E-state index in [1.165, 1.54) is 0 Å². The molecule has 1 aromatic heterocycles. The van der Waals surface area contributed by atoms with Crippen LogP contribution in [0.15, 0.2) is 66.7 Å². The molecule has 0 fully saturated rings. The van der Waals surface area contributed by atoms with Crippen molar-refractivity contribution < 1.29 is 4.79 Å². The number of benzene rings is 2. The van der Waals surface area contributed by atoms with Crippen molar-refractivity contribution in [2.24, 2.45) is 5.92 Å². The number of hydrogen-bond donors (Lipinski definition) is 3. The van der Waals surface area contributed by atoms with Gasteiger partial charge in [-0.15, -0.1) is 0 Å². The quantitative estimate of drug-likeness (QED) is 0.506. The number of aryl methyl sites for hydroxylation is 1. The fraction of sp³-hybridized carbons (Fsp3) is 0.261. The Hall–Kier alpha value is -3.41. The van der Waals surface area contributed by atoms with Gasteiger partial charge in [0.25, 0.3) is 0 Å². The highest BCUT2D eigenvalue weighted by molar-refractivity contribution is 5.96. The third-order valence-corrected chi connectivity index (χ3v) is 4.27. The number of rotatable bonds is 8. The fourth-order valence-electron chi connectivity index (χ4n) is 2.98. The molecule has 0 aliphatic rings. The predicted octanol–water partition coefficient (Wildman–Crippen LogP) is 4.99. The Balaban J connectivity index is 1.77. The van der Waals surface area contributed by atoms with Crippen LogP contribution in [-0.4, -0.2) is 21.9 Å². The van der Waals surface area contributed by atoms with Gasteiger partial charge in [0.15, 0.2) is 0 Å². The molecule has 0 saturated heterocycles. The minimum Gasteiger partial charge on any atom is -0.358 e. The molecule has 0 aliphatic heterocycles. The van der Waals surface area contributed by atoms with Gasteiger partial charge in [0.2, 0.25) is 11.9 Å². The number of anilines is 4. The standard InChI is InChI=1S/C23H27N5O/c1-16(2)14-20(22(29)25-18-10-6-4-7-11-18)27-21-15-17(3)24-23(28-21)26-19-12-8-5-9-13-19/h4-13,15-16,20H,14H2,1-3H3,(H,25,29)(H2,24,26,27,28)/t20-/m0/s1. The Morgan fingerprint density at radius 3 is 2.17 bits per heavy atom. The van der Waals surface area contributed by atoms with Crippen molar-refractivity contribution >= 4 is 29.0 Å². The molecular formula is C23H27N5O. The summed E-state index contributed by atoms with van der Waals surface area (Å²) in [7, 11) is 0. The van der Waals surface area contributed by atoms with Crippen LogP contribution in [0.25, 0.3) is 0 Å². The van der Waals surface area contributed by atoms with E-state index in [0.717, 1.165) is 17.1 Å². The van der Waals surface area contributed by atoms with Gasteiger partial charge >= 0.3 is 0 Å². The molecule has 150 valence electrons. The molecule has 29 heavy (non-hydrogen) atoms. The Morgan fingerprint density at radius 2 is 1.55 bits per heavy atom. The summed E-state index contributed by atoms with van der Waals surface area (Å²) in [4.78, 5) is 21.9. The number of aromatic nitrogens is 2. The number of carbonyl (C=O) groups is 1. The Labute approximate surface area is 171 Å². The lowest BCUT2D eigenvalue weighted by molar-refractivity contribution is -0.117. The lowest BCUT2D eigenvalue weighted by Crippen LogP contribution is -2.36. The Morgan fingerprint density at radius 1 is 0.931 bits per heavy atom. The van der Waals surface area contributed by atoms with Crippen LogP contribution in [0.5, 0.6) is 0 Å². The van der Waals surface area contributed by atoms with Crippen LogP contribution in [0.1, 0.15) is 26.0 Å². The highest BCUT2D eigenvalue weighted by atomic mass is 16.2. The zero-order chi connectivity index (χ0) is 20.6. The molecule has 0 bridgehead atoms. The third-order valence-electron chi connectivity index (χ3n) is 4.27. The number of nitrogens with one attached hydrogen (secondary N) is 3. The van der Waals surface area contributed by atoms with Crippen LogP contribution in [-0.2, 0) is 4.79 Å². The SMILES string of the molecule is Cc1cc(N[C@@H](CC(C)C)C(=O)Nc2ccccc2)nc(Nc2ccccc2)n1. The zero-order valence-corrected chi connectivity index (χ0v) is 17.0. The molecule has 1 heterocycles. The molecule has 3 rings (SSSR count). The summed E-state index contributed by atoms with van der Waals surface area (Å²) >= 11 is 0. The first kappa shape index (κ1) is 20.3. The number of hydrogen-bond acceptors (Lipinski definition) is 5. The van der Waals surface area contributed by atoms with Gasteiger partial charge in [-0.3, -0.25) is 4.79 Å². The smallest absolute Gasteiger partial charge is 0.246 e. The number of nitrogens with zero attached hydrogens (tertiary/aromatic N) is 2. The van der Waals surface area contributed by atoms with E-state index in [1.807, 2.05) is 73.7 Å². The van der Waals surface area contributed by atoms with Gasteiger partial charge in [0.05, 0.1) is 0 Å². The molecule has 6 heteroatoms. The van der Waals surface area contributed by atoms with E-state index in [1.54, 1.807) is 0 Å². The van der Waals surface area contributed by atoms with E-state index in [0.29, 0.717) is 24.1 Å². The van der Waals surface area contributed by atoms with Crippen molar-refractivity contribution in [3.8, 4) is 0 Å². The second kappa shape index (κ2) is 9.68. The summed E-state index contributed by atoms with van der Waals surface area (Å²) in [6, 6.07) is 20.7. The molecular weight excluding hydrogens is 362 g/mol. The van der Waals surface area contributed by atoms with Gasteiger partial charge in [0, 0.05) is 23.1 Å². The van der Waals surface area contributed by atoms with E-state index < -0.39 is 6.04 Å². The summed E-state index contributed by atoms with van der Waals surface area (Å²) in [6.07, 6.45) is 0.684. The largest absolute Gasteiger partial charge is 0.358 e. The molecule has 6 nitrogen and oxygen atoms in total. The van der Waals surface area contributed by atoms with Gasteiger partial charge in [-0.1, -0.05) is 50.2 Å². The summed E-state index contributed by atoms with van der Waals surface area (Å²) in [5.74, 6) is 1.37. The summed E-state index contributed by atoms with van der Waals surface area (Å²) < 4.78 is 0. The van der Waals surface area contributed by atoms with Crippen LogP contribution >= 0.6 is 0 Å². The second-order valence-corrected chi connectivity index (χ2v) is 7.39. The Bertz CT molecular complexity index is 929. The van der Waals surface area contributed by atoms with Crippen molar-refractivity contribution in [2.45, 2.75) is 33.2 Å². The van der Waals surface area contributed by atoms with E-state index >= 15 is 0 Å². The van der Waals surface area contributed by atoms with E-state index in [4.69, 9.17) is 0 Å². The fourth-order valence-corrected chi connectivity index (χ4v) is 2.98. The van der Waals surface area contributed by atoms with Crippen molar-refractivity contribution in [3.05, 3.63) is 72.4 Å². The normalized spacial score (nSPS) is 11.7.